The standard InChI is InChI=1S/C15H28N4/c1-4-10-17-14(9-12-19(5-2)6-3)13-8-7-11-18-15(13)16/h7-8,11,14,17H,4-6,9-10,12H2,1-3H3,(H2,16,18). The zero-order valence-electron chi connectivity index (χ0n) is 12.5. The van der Waals surface area contributed by atoms with E-state index in [1.54, 1.807) is 6.20 Å². The summed E-state index contributed by atoms with van der Waals surface area (Å²) in [6.45, 7) is 10.9. The Balaban J connectivity index is 2.69. The van der Waals surface area contributed by atoms with E-state index < -0.39 is 0 Å². The fourth-order valence-electron chi connectivity index (χ4n) is 2.26. The molecule has 0 aliphatic heterocycles. The molecule has 0 aromatic carbocycles. The summed E-state index contributed by atoms with van der Waals surface area (Å²) in [6.07, 6.45) is 3.94. The zero-order valence-corrected chi connectivity index (χ0v) is 12.5. The molecule has 1 unspecified atom stereocenters. The van der Waals surface area contributed by atoms with Crippen molar-refractivity contribution < 1.29 is 0 Å². The highest BCUT2D eigenvalue weighted by molar-refractivity contribution is 5.40. The lowest BCUT2D eigenvalue weighted by Gasteiger charge is -2.24. The van der Waals surface area contributed by atoms with E-state index in [9.17, 15) is 0 Å². The fourth-order valence-corrected chi connectivity index (χ4v) is 2.26. The third-order valence-corrected chi connectivity index (χ3v) is 3.52. The molecule has 0 fully saturated rings. The maximum absolute atomic E-state index is 6.00. The topological polar surface area (TPSA) is 54.2 Å². The van der Waals surface area contributed by atoms with Crippen molar-refractivity contribution in [1.82, 2.24) is 15.2 Å². The molecule has 0 bridgehead atoms. The summed E-state index contributed by atoms with van der Waals surface area (Å²) in [5.41, 5.74) is 7.13. The second-order valence-corrected chi connectivity index (χ2v) is 4.80. The predicted molar refractivity (Wildman–Crippen MR) is 82.1 cm³/mol. The van der Waals surface area contributed by atoms with Gasteiger partial charge >= 0.3 is 0 Å². The first-order valence-corrected chi connectivity index (χ1v) is 7.38. The van der Waals surface area contributed by atoms with Crippen LogP contribution in [0.15, 0.2) is 18.3 Å². The van der Waals surface area contributed by atoms with E-state index in [1.165, 1.54) is 0 Å². The molecule has 0 aliphatic carbocycles. The first kappa shape index (κ1) is 15.9. The Morgan fingerprint density at radius 3 is 2.63 bits per heavy atom. The monoisotopic (exact) mass is 264 g/mol. The Kier molecular flexibility index (Phi) is 7.45. The van der Waals surface area contributed by atoms with E-state index >= 15 is 0 Å². The molecule has 0 spiro atoms. The Morgan fingerprint density at radius 2 is 2.05 bits per heavy atom. The number of hydrogen-bond acceptors (Lipinski definition) is 4. The molecule has 0 amide bonds. The molecule has 19 heavy (non-hydrogen) atoms. The molecule has 0 aliphatic rings. The van der Waals surface area contributed by atoms with Gasteiger partial charge < -0.3 is 16.0 Å². The second-order valence-electron chi connectivity index (χ2n) is 4.80. The zero-order chi connectivity index (χ0) is 14.1. The van der Waals surface area contributed by atoms with Crippen molar-refractivity contribution >= 4 is 5.82 Å². The molecule has 4 heteroatoms. The van der Waals surface area contributed by atoms with Gasteiger partial charge in [-0.1, -0.05) is 26.8 Å². The van der Waals surface area contributed by atoms with Crippen LogP contribution in [0.3, 0.4) is 0 Å². The molecule has 0 saturated carbocycles. The summed E-state index contributed by atoms with van der Waals surface area (Å²) in [5, 5.41) is 3.58. The molecule has 1 aromatic rings. The molecule has 0 saturated heterocycles. The minimum atomic E-state index is 0.300. The van der Waals surface area contributed by atoms with Crippen molar-refractivity contribution in [3.63, 3.8) is 0 Å². The number of hydrogen-bond donors (Lipinski definition) is 2. The Bertz CT molecular complexity index is 350. The van der Waals surface area contributed by atoms with Crippen molar-refractivity contribution in [2.75, 3.05) is 31.9 Å². The minimum absolute atomic E-state index is 0.300. The van der Waals surface area contributed by atoms with Crippen molar-refractivity contribution in [1.29, 1.82) is 0 Å². The molecule has 1 heterocycles. The highest BCUT2D eigenvalue weighted by atomic mass is 15.1. The lowest BCUT2D eigenvalue weighted by atomic mass is 10.0. The number of rotatable bonds is 9. The average Bonchev–Trinajstić information content (AvgIpc) is 2.44. The van der Waals surface area contributed by atoms with Gasteiger partial charge in [0.2, 0.25) is 0 Å². The van der Waals surface area contributed by atoms with E-state index in [-0.39, 0.29) is 0 Å². The van der Waals surface area contributed by atoms with E-state index in [1.807, 2.05) is 6.07 Å². The van der Waals surface area contributed by atoms with Gasteiger partial charge in [-0.05, 0) is 45.1 Å². The number of nitrogens with zero attached hydrogens (tertiary/aromatic N) is 2. The summed E-state index contributed by atoms with van der Waals surface area (Å²) in [6, 6.07) is 4.34. The molecule has 1 rings (SSSR count). The molecule has 1 atom stereocenters. The van der Waals surface area contributed by atoms with Gasteiger partial charge in [0.1, 0.15) is 5.82 Å². The molecular formula is C15H28N4. The number of nitrogen functional groups attached to an aromatic ring is 1. The second kappa shape index (κ2) is 8.88. The maximum atomic E-state index is 6.00. The van der Waals surface area contributed by atoms with Gasteiger partial charge in [-0.3, -0.25) is 0 Å². The highest BCUT2D eigenvalue weighted by Crippen LogP contribution is 2.21. The van der Waals surface area contributed by atoms with E-state index in [0.29, 0.717) is 11.9 Å². The van der Waals surface area contributed by atoms with Gasteiger partial charge in [0, 0.05) is 17.8 Å². The summed E-state index contributed by atoms with van der Waals surface area (Å²) < 4.78 is 0. The van der Waals surface area contributed by atoms with Crippen LogP contribution >= 0.6 is 0 Å². The van der Waals surface area contributed by atoms with Crippen LogP contribution in [0.1, 0.15) is 45.2 Å². The van der Waals surface area contributed by atoms with Gasteiger partial charge in [0.25, 0.3) is 0 Å². The van der Waals surface area contributed by atoms with E-state index in [2.05, 4.69) is 42.0 Å². The average molecular weight is 264 g/mol. The van der Waals surface area contributed by atoms with Gasteiger partial charge in [0.15, 0.2) is 0 Å². The molecule has 3 N–H and O–H groups in total. The fraction of sp³-hybridized carbons (Fsp3) is 0.667. The largest absolute Gasteiger partial charge is 0.383 e. The molecule has 1 aromatic heterocycles. The van der Waals surface area contributed by atoms with Crippen LogP contribution < -0.4 is 11.1 Å². The van der Waals surface area contributed by atoms with E-state index in [0.717, 1.165) is 44.6 Å². The van der Waals surface area contributed by atoms with Gasteiger partial charge in [-0.15, -0.1) is 0 Å². The lowest BCUT2D eigenvalue weighted by Crippen LogP contribution is -2.30. The van der Waals surface area contributed by atoms with Crippen molar-refractivity contribution in [2.45, 2.75) is 39.7 Å². The van der Waals surface area contributed by atoms with Crippen LogP contribution in [0.2, 0.25) is 0 Å². The SMILES string of the molecule is CCCNC(CCN(CC)CC)c1cccnc1N. The summed E-state index contributed by atoms with van der Waals surface area (Å²) in [7, 11) is 0. The van der Waals surface area contributed by atoms with Crippen molar-refractivity contribution in [3.05, 3.63) is 23.9 Å². The third kappa shape index (κ3) is 5.17. The van der Waals surface area contributed by atoms with Gasteiger partial charge in [-0.2, -0.15) is 0 Å². The first-order valence-electron chi connectivity index (χ1n) is 7.38. The van der Waals surface area contributed by atoms with Crippen LogP contribution in [-0.4, -0.2) is 36.1 Å². The van der Waals surface area contributed by atoms with Crippen LogP contribution in [0.25, 0.3) is 0 Å². The number of nitrogens with one attached hydrogen (secondary N) is 1. The highest BCUT2D eigenvalue weighted by Gasteiger charge is 2.14. The Morgan fingerprint density at radius 1 is 1.32 bits per heavy atom. The van der Waals surface area contributed by atoms with Gasteiger partial charge in [-0.25, -0.2) is 4.98 Å². The smallest absolute Gasteiger partial charge is 0.128 e. The summed E-state index contributed by atoms with van der Waals surface area (Å²) >= 11 is 0. The van der Waals surface area contributed by atoms with Crippen LogP contribution in [0.5, 0.6) is 0 Å². The molecular weight excluding hydrogens is 236 g/mol. The normalized spacial score (nSPS) is 12.8. The number of nitrogens with two attached hydrogens (primary N) is 1. The van der Waals surface area contributed by atoms with Crippen LogP contribution in [-0.2, 0) is 0 Å². The third-order valence-electron chi connectivity index (χ3n) is 3.52. The predicted octanol–water partition coefficient (Wildman–Crippen LogP) is 2.44. The molecule has 0 radical (unpaired) electrons. The van der Waals surface area contributed by atoms with Crippen LogP contribution in [0, 0.1) is 0 Å². The Labute approximate surface area is 117 Å². The molecule has 108 valence electrons. The minimum Gasteiger partial charge on any atom is -0.383 e. The quantitative estimate of drug-likeness (QED) is 0.719. The summed E-state index contributed by atoms with van der Waals surface area (Å²) in [5.74, 6) is 0.649. The summed E-state index contributed by atoms with van der Waals surface area (Å²) in [4.78, 5) is 6.64. The lowest BCUT2D eigenvalue weighted by molar-refractivity contribution is 0.282. The number of pyridine rings is 1. The maximum Gasteiger partial charge on any atom is 0.128 e. The molecule has 4 nitrogen and oxygen atoms in total. The Hall–Kier alpha value is -1.13. The van der Waals surface area contributed by atoms with Crippen LogP contribution in [0.4, 0.5) is 5.82 Å². The number of anilines is 1. The van der Waals surface area contributed by atoms with Gasteiger partial charge in [0.05, 0.1) is 0 Å². The van der Waals surface area contributed by atoms with E-state index in [4.69, 9.17) is 5.73 Å². The number of aromatic nitrogens is 1. The van der Waals surface area contributed by atoms with Crippen molar-refractivity contribution in [2.24, 2.45) is 0 Å². The first-order chi connectivity index (χ1) is 9.22. The van der Waals surface area contributed by atoms with Crippen molar-refractivity contribution in [3.8, 4) is 0 Å².